The summed E-state index contributed by atoms with van der Waals surface area (Å²) in [6.45, 7) is 0. The monoisotopic (exact) mass is 276 g/mol. The van der Waals surface area contributed by atoms with Crippen molar-refractivity contribution in [1.82, 2.24) is 0 Å². The summed E-state index contributed by atoms with van der Waals surface area (Å²) >= 11 is 0. The standard InChI is InChI=1S/C19H16O2/c20-19(21)14-13-18(15-17-9-5-2-6-10-17)12-11-16-7-3-1-4-8-16/h1-15H,(H,20,21). The molecular formula is C19H16O2. The summed E-state index contributed by atoms with van der Waals surface area (Å²) in [7, 11) is 0. The lowest BCUT2D eigenvalue weighted by Crippen LogP contribution is -1.86. The predicted molar refractivity (Wildman–Crippen MR) is 86.7 cm³/mol. The van der Waals surface area contributed by atoms with Crippen LogP contribution in [-0.4, -0.2) is 11.1 Å². The Morgan fingerprint density at radius 2 is 1.33 bits per heavy atom. The molecule has 0 bridgehead atoms. The maximum Gasteiger partial charge on any atom is 0.328 e. The average Bonchev–Trinajstić information content (AvgIpc) is 2.52. The molecule has 0 spiro atoms. The zero-order valence-corrected chi connectivity index (χ0v) is 11.5. The highest BCUT2D eigenvalue weighted by molar-refractivity contribution is 5.81. The fourth-order valence-corrected chi connectivity index (χ4v) is 1.82. The minimum atomic E-state index is -0.956. The third-order valence-corrected chi connectivity index (χ3v) is 2.82. The van der Waals surface area contributed by atoms with Crippen molar-refractivity contribution >= 4 is 18.1 Å². The molecule has 0 fully saturated rings. The molecule has 2 nitrogen and oxygen atoms in total. The Balaban J connectivity index is 2.26. The highest BCUT2D eigenvalue weighted by atomic mass is 16.4. The van der Waals surface area contributed by atoms with Crippen molar-refractivity contribution in [3.8, 4) is 0 Å². The third kappa shape index (κ3) is 5.33. The van der Waals surface area contributed by atoms with E-state index in [9.17, 15) is 4.79 Å². The number of carboxylic acid groups (broad SMARTS) is 1. The first kappa shape index (κ1) is 14.5. The number of carboxylic acids is 1. The molecule has 2 aromatic rings. The first-order valence-corrected chi connectivity index (χ1v) is 6.65. The quantitative estimate of drug-likeness (QED) is 0.648. The predicted octanol–water partition coefficient (Wildman–Crippen LogP) is 4.42. The molecule has 0 atom stereocenters. The summed E-state index contributed by atoms with van der Waals surface area (Å²) in [4.78, 5) is 10.7. The van der Waals surface area contributed by atoms with Crippen LogP contribution in [-0.2, 0) is 4.79 Å². The Labute approximate surface area is 124 Å². The Morgan fingerprint density at radius 3 is 1.90 bits per heavy atom. The Morgan fingerprint density at radius 1 is 0.762 bits per heavy atom. The summed E-state index contributed by atoms with van der Waals surface area (Å²) in [6, 6.07) is 19.7. The fraction of sp³-hybridized carbons (Fsp3) is 0. The highest BCUT2D eigenvalue weighted by Crippen LogP contribution is 2.11. The number of rotatable bonds is 5. The van der Waals surface area contributed by atoms with E-state index >= 15 is 0 Å². The molecule has 0 amide bonds. The largest absolute Gasteiger partial charge is 0.478 e. The number of hydrogen-bond acceptors (Lipinski definition) is 1. The molecule has 1 N–H and O–H groups in total. The zero-order valence-electron chi connectivity index (χ0n) is 11.5. The molecule has 0 saturated carbocycles. The maximum absolute atomic E-state index is 10.7. The minimum absolute atomic E-state index is 0.826. The lowest BCUT2D eigenvalue weighted by molar-refractivity contribution is -0.131. The second-order valence-corrected chi connectivity index (χ2v) is 4.47. The molecule has 2 rings (SSSR count). The van der Waals surface area contributed by atoms with Gasteiger partial charge in [0, 0.05) is 6.08 Å². The second kappa shape index (κ2) is 7.65. The van der Waals surface area contributed by atoms with Crippen LogP contribution >= 0.6 is 0 Å². The van der Waals surface area contributed by atoms with Crippen LogP contribution in [0.1, 0.15) is 11.1 Å². The van der Waals surface area contributed by atoms with Crippen molar-refractivity contribution in [3.63, 3.8) is 0 Å². The van der Waals surface area contributed by atoms with Gasteiger partial charge in [0.15, 0.2) is 0 Å². The van der Waals surface area contributed by atoms with Gasteiger partial charge in [-0.3, -0.25) is 0 Å². The van der Waals surface area contributed by atoms with Crippen molar-refractivity contribution < 1.29 is 9.90 Å². The molecule has 0 radical (unpaired) electrons. The van der Waals surface area contributed by atoms with Crippen LogP contribution < -0.4 is 0 Å². The first-order chi connectivity index (χ1) is 10.2. The Bertz CT molecular complexity index is 665. The minimum Gasteiger partial charge on any atom is -0.478 e. The average molecular weight is 276 g/mol. The lowest BCUT2D eigenvalue weighted by atomic mass is 10.1. The van der Waals surface area contributed by atoms with Gasteiger partial charge in [-0.25, -0.2) is 4.79 Å². The van der Waals surface area contributed by atoms with Gasteiger partial charge >= 0.3 is 5.97 Å². The van der Waals surface area contributed by atoms with Gasteiger partial charge in [-0.2, -0.15) is 0 Å². The van der Waals surface area contributed by atoms with Gasteiger partial charge in [-0.1, -0.05) is 72.8 Å². The van der Waals surface area contributed by atoms with Crippen LogP contribution in [0.5, 0.6) is 0 Å². The smallest absolute Gasteiger partial charge is 0.328 e. The van der Waals surface area contributed by atoms with E-state index in [0.717, 1.165) is 22.8 Å². The second-order valence-electron chi connectivity index (χ2n) is 4.47. The van der Waals surface area contributed by atoms with E-state index in [4.69, 9.17) is 5.11 Å². The van der Waals surface area contributed by atoms with Crippen LogP contribution in [0.3, 0.4) is 0 Å². The van der Waals surface area contributed by atoms with Crippen molar-refractivity contribution in [2.45, 2.75) is 0 Å². The number of carbonyl (C=O) groups is 1. The summed E-state index contributed by atoms with van der Waals surface area (Å²) in [5, 5.41) is 8.78. The van der Waals surface area contributed by atoms with E-state index < -0.39 is 5.97 Å². The molecule has 0 unspecified atom stereocenters. The highest BCUT2D eigenvalue weighted by Gasteiger charge is 1.93. The number of allylic oxidation sites excluding steroid dienone is 3. The molecular weight excluding hydrogens is 260 g/mol. The molecule has 0 aliphatic rings. The molecule has 0 aromatic heterocycles. The van der Waals surface area contributed by atoms with Gasteiger partial charge in [-0.05, 0) is 28.9 Å². The zero-order chi connectivity index (χ0) is 14.9. The number of hydrogen-bond donors (Lipinski definition) is 1. The van der Waals surface area contributed by atoms with Gasteiger partial charge in [0.05, 0.1) is 0 Å². The van der Waals surface area contributed by atoms with Crippen molar-refractivity contribution in [1.29, 1.82) is 0 Å². The van der Waals surface area contributed by atoms with Crippen LogP contribution in [0.2, 0.25) is 0 Å². The van der Waals surface area contributed by atoms with Gasteiger partial charge in [0.2, 0.25) is 0 Å². The van der Waals surface area contributed by atoms with Gasteiger partial charge < -0.3 is 5.11 Å². The fourth-order valence-electron chi connectivity index (χ4n) is 1.82. The van der Waals surface area contributed by atoms with Crippen molar-refractivity contribution in [2.75, 3.05) is 0 Å². The van der Waals surface area contributed by atoms with Crippen molar-refractivity contribution in [2.24, 2.45) is 0 Å². The van der Waals surface area contributed by atoms with Crippen LogP contribution in [0.25, 0.3) is 12.2 Å². The van der Waals surface area contributed by atoms with E-state index in [1.807, 2.05) is 78.9 Å². The molecule has 104 valence electrons. The number of aliphatic carboxylic acids is 1. The van der Waals surface area contributed by atoms with Gasteiger partial charge in [0.25, 0.3) is 0 Å². The van der Waals surface area contributed by atoms with E-state index in [1.54, 1.807) is 6.08 Å². The van der Waals surface area contributed by atoms with Gasteiger partial charge in [0.1, 0.15) is 0 Å². The topological polar surface area (TPSA) is 37.3 Å². The SMILES string of the molecule is O=C(O)C=CC(C=Cc1ccccc1)=Cc1ccccc1. The molecule has 0 aliphatic heterocycles. The molecule has 2 heteroatoms. The van der Waals surface area contributed by atoms with Gasteiger partial charge in [-0.15, -0.1) is 0 Å². The lowest BCUT2D eigenvalue weighted by Gasteiger charge is -1.97. The molecule has 0 saturated heterocycles. The van der Waals surface area contributed by atoms with Crippen LogP contribution in [0.15, 0.2) is 84.5 Å². The summed E-state index contributed by atoms with van der Waals surface area (Å²) in [6.07, 6.45) is 8.54. The molecule has 0 heterocycles. The summed E-state index contributed by atoms with van der Waals surface area (Å²) < 4.78 is 0. The first-order valence-electron chi connectivity index (χ1n) is 6.65. The molecule has 2 aromatic carbocycles. The van der Waals surface area contributed by atoms with E-state index in [-0.39, 0.29) is 0 Å². The third-order valence-electron chi connectivity index (χ3n) is 2.82. The van der Waals surface area contributed by atoms with E-state index in [0.29, 0.717) is 0 Å². The number of benzene rings is 2. The summed E-state index contributed by atoms with van der Waals surface area (Å²) in [5.41, 5.74) is 2.92. The molecule has 0 aliphatic carbocycles. The Hall–Kier alpha value is -2.87. The molecule has 21 heavy (non-hydrogen) atoms. The van der Waals surface area contributed by atoms with Crippen LogP contribution in [0.4, 0.5) is 0 Å². The normalized spacial score (nSPS) is 12.1. The van der Waals surface area contributed by atoms with Crippen LogP contribution in [0, 0.1) is 0 Å². The Kier molecular flexibility index (Phi) is 5.30. The van der Waals surface area contributed by atoms with Crippen molar-refractivity contribution in [3.05, 3.63) is 95.6 Å². The van der Waals surface area contributed by atoms with E-state index in [1.165, 1.54) is 0 Å². The summed E-state index contributed by atoms with van der Waals surface area (Å²) in [5.74, 6) is -0.956. The maximum atomic E-state index is 10.7. The van der Waals surface area contributed by atoms with E-state index in [2.05, 4.69) is 0 Å².